The van der Waals surface area contributed by atoms with Gasteiger partial charge in [-0.3, -0.25) is 24.6 Å². The van der Waals surface area contributed by atoms with Gasteiger partial charge in [-0.2, -0.15) is 0 Å². The summed E-state index contributed by atoms with van der Waals surface area (Å²) in [5, 5.41) is 5.11. The van der Waals surface area contributed by atoms with Gasteiger partial charge >= 0.3 is 5.97 Å². The number of carbonyl (C=O) groups excluding carboxylic acids is 3. The van der Waals surface area contributed by atoms with Gasteiger partial charge in [0.15, 0.2) is 0 Å². The maximum atomic E-state index is 12.7. The van der Waals surface area contributed by atoms with E-state index in [2.05, 4.69) is 5.32 Å². The number of hydrogen-bond acceptors (Lipinski definition) is 6. The summed E-state index contributed by atoms with van der Waals surface area (Å²) in [5.41, 5.74) is -1.19. The second kappa shape index (κ2) is 5.17. The fourth-order valence-corrected chi connectivity index (χ4v) is 4.45. The Hall–Kier alpha value is -1.73. The SMILES string of the molecule is CCN1C(=O)C2C(c3cccs3)NC(C)(C(=O)OC)C2C1=O. The fourth-order valence-electron chi connectivity index (χ4n) is 3.62. The summed E-state index contributed by atoms with van der Waals surface area (Å²) in [6.45, 7) is 3.73. The molecule has 1 N–H and O–H groups in total. The Balaban J connectivity index is 2.09. The second-order valence-corrected chi connectivity index (χ2v) is 6.73. The molecule has 3 heterocycles. The van der Waals surface area contributed by atoms with E-state index < -0.39 is 23.3 Å². The van der Waals surface area contributed by atoms with Crippen molar-refractivity contribution in [3.05, 3.63) is 22.4 Å². The van der Waals surface area contributed by atoms with E-state index in [1.165, 1.54) is 23.3 Å². The number of methoxy groups -OCH3 is 1. The quantitative estimate of drug-likeness (QED) is 0.662. The number of hydrogen-bond donors (Lipinski definition) is 1. The van der Waals surface area contributed by atoms with Crippen LogP contribution in [0.1, 0.15) is 24.8 Å². The Morgan fingerprint density at radius 2 is 2.18 bits per heavy atom. The van der Waals surface area contributed by atoms with E-state index in [1.807, 2.05) is 17.5 Å². The lowest BCUT2D eigenvalue weighted by atomic mass is 9.81. The van der Waals surface area contributed by atoms with Crippen LogP contribution in [0.4, 0.5) is 0 Å². The molecule has 0 aromatic carbocycles. The Morgan fingerprint density at radius 1 is 1.45 bits per heavy atom. The molecule has 0 bridgehead atoms. The number of esters is 1. The summed E-state index contributed by atoms with van der Waals surface area (Å²) >= 11 is 1.50. The van der Waals surface area contributed by atoms with E-state index in [-0.39, 0.29) is 17.9 Å². The van der Waals surface area contributed by atoms with E-state index in [0.29, 0.717) is 6.54 Å². The van der Waals surface area contributed by atoms with Gasteiger partial charge in [0.25, 0.3) is 0 Å². The number of carbonyl (C=O) groups is 3. The number of rotatable bonds is 3. The average molecular weight is 322 g/mol. The number of fused-ring (bicyclic) bond motifs is 1. The highest BCUT2D eigenvalue weighted by atomic mass is 32.1. The third kappa shape index (κ3) is 1.85. The summed E-state index contributed by atoms with van der Waals surface area (Å²) in [4.78, 5) is 39.8. The first-order chi connectivity index (χ1) is 10.5. The highest BCUT2D eigenvalue weighted by Crippen LogP contribution is 2.49. The van der Waals surface area contributed by atoms with Crippen molar-refractivity contribution in [3.63, 3.8) is 0 Å². The van der Waals surface area contributed by atoms with Crippen molar-refractivity contribution in [2.45, 2.75) is 25.4 Å². The summed E-state index contributed by atoms with van der Waals surface area (Å²) in [5.74, 6) is -2.30. The number of thiophene rings is 1. The normalized spacial score (nSPS) is 34.1. The molecule has 1 aromatic heterocycles. The molecular weight excluding hydrogens is 304 g/mol. The van der Waals surface area contributed by atoms with Gasteiger partial charge in [0, 0.05) is 11.4 Å². The van der Waals surface area contributed by atoms with Crippen LogP contribution >= 0.6 is 11.3 Å². The molecule has 4 unspecified atom stereocenters. The smallest absolute Gasteiger partial charge is 0.326 e. The van der Waals surface area contributed by atoms with Crippen LogP contribution in [0.15, 0.2) is 17.5 Å². The zero-order chi connectivity index (χ0) is 16.1. The molecule has 2 fully saturated rings. The molecule has 2 aliphatic rings. The maximum absolute atomic E-state index is 12.7. The van der Waals surface area contributed by atoms with Gasteiger partial charge in [-0.15, -0.1) is 11.3 Å². The van der Waals surface area contributed by atoms with Crippen molar-refractivity contribution >= 4 is 29.1 Å². The molecule has 1 aromatic rings. The maximum Gasteiger partial charge on any atom is 0.326 e. The molecule has 2 saturated heterocycles. The van der Waals surface area contributed by atoms with Gasteiger partial charge in [-0.25, -0.2) is 0 Å². The van der Waals surface area contributed by atoms with Gasteiger partial charge in [-0.1, -0.05) is 6.07 Å². The monoisotopic (exact) mass is 322 g/mol. The molecule has 22 heavy (non-hydrogen) atoms. The van der Waals surface area contributed by atoms with Crippen LogP contribution in [0, 0.1) is 11.8 Å². The predicted octanol–water partition coefficient (Wildman–Crippen LogP) is 0.945. The Morgan fingerprint density at radius 3 is 2.73 bits per heavy atom. The van der Waals surface area contributed by atoms with E-state index in [0.717, 1.165) is 4.88 Å². The molecule has 118 valence electrons. The zero-order valence-corrected chi connectivity index (χ0v) is 13.5. The van der Waals surface area contributed by atoms with Crippen LogP contribution in [0.5, 0.6) is 0 Å². The molecule has 0 radical (unpaired) electrons. The number of imide groups is 1. The standard InChI is InChI=1S/C15H18N2O4S/c1-4-17-12(18)9-10(13(17)19)15(2,14(20)21-3)16-11(9)8-6-5-7-22-8/h5-7,9-11,16H,4H2,1-3H3. The molecule has 2 aliphatic heterocycles. The van der Waals surface area contributed by atoms with E-state index in [4.69, 9.17) is 4.74 Å². The molecule has 0 aliphatic carbocycles. The largest absolute Gasteiger partial charge is 0.468 e. The molecule has 0 spiro atoms. The van der Waals surface area contributed by atoms with Crippen molar-refractivity contribution in [1.29, 1.82) is 0 Å². The van der Waals surface area contributed by atoms with E-state index >= 15 is 0 Å². The van der Waals surface area contributed by atoms with Crippen LogP contribution in [-0.2, 0) is 19.1 Å². The lowest BCUT2D eigenvalue weighted by Crippen LogP contribution is -2.53. The number of nitrogens with one attached hydrogen (secondary N) is 1. The van der Waals surface area contributed by atoms with Crippen molar-refractivity contribution in [2.75, 3.05) is 13.7 Å². The van der Waals surface area contributed by atoms with E-state index in [9.17, 15) is 14.4 Å². The minimum absolute atomic E-state index is 0.212. The molecule has 0 saturated carbocycles. The van der Waals surface area contributed by atoms with Gasteiger partial charge in [-0.05, 0) is 25.3 Å². The van der Waals surface area contributed by atoms with Crippen LogP contribution in [0.3, 0.4) is 0 Å². The Bertz CT molecular complexity index is 629. The van der Waals surface area contributed by atoms with Crippen LogP contribution in [0.25, 0.3) is 0 Å². The van der Waals surface area contributed by atoms with Crippen molar-refractivity contribution in [3.8, 4) is 0 Å². The van der Waals surface area contributed by atoms with Gasteiger partial charge in [0.1, 0.15) is 5.54 Å². The third-order valence-electron chi connectivity index (χ3n) is 4.65. The average Bonchev–Trinajstić information content (AvgIpc) is 3.17. The predicted molar refractivity (Wildman–Crippen MR) is 80.0 cm³/mol. The Kier molecular flexibility index (Phi) is 3.57. The van der Waals surface area contributed by atoms with Crippen LogP contribution in [-0.4, -0.2) is 41.9 Å². The molecular formula is C15H18N2O4S. The van der Waals surface area contributed by atoms with Gasteiger partial charge in [0.2, 0.25) is 11.8 Å². The minimum Gasteiger partial charge on any atom is -0.468 e. The molecule has 6 nitrogen and oxygen atoms in total. The topological polar surface area (TPSA) is 75.7 Å². The minimum atomic E-state index is -1.19. The molecule has 7 heteroatoms. The van der Waals surface area contributed by atoms with Crippen molar-refractivity contribution in [1.82, 2.24) is 10.2 Å². The first-order valence-corrected chi connectivity index (χ1v) is 8.08. The summed E-state index contributed by atoms with van der Waals surface area (Å²) in [6, 6.07) is 3.46. The lowest BCUT2D eigenvalue weighted by Gasteiger charge is -2.28. The zero-order valence-electron chi connectivity index (χ0n) is 12.7. The molecule has 3 rings (SSSR count). The highest BCUT2D eigenvalue weighted by Gasteiger charge is 2.66. The Labute approximate surface area is 132 Å². The van der Waals surface area contributed by atoms with Crippen molar-refractivity contribution in [2.24, 2.45) is 11.8 Å². The summed E-state index contributed by atoms with van der Waals surface area (Å²) in [6.07, 6.45) is 0. The lowest BCUT2D eigenvalue weighted by molar-refractivity contribution is -0.153. The third-order valence-corrected chi connectivity index (χ3v) is 5.61. The van der Waals surface area contributed by atoms with Gasteiger partial charge < -0.3 is 4.74 Å². The fraction of sp³-hybridized carbons (Fsp3) is 0.533. The van der Waals surface area contributed by atoms with Crippen LogP contribution in [0.2, 0.25) is 0 Å². The number of ether oxygens (including phenoxy) is 1. The van der Waals surface area contributed by atoms with Crippen LogP contribution < -0.4 is 5.32 Å². The summed E-state index contributed by atoms with van der Waals surface area (Å²) in [7, 11) is 1.29. The van der Waals surface area contributed by atoms with Crippen molar-refractivity contribution < 1.29 is 19.1 Å². The molecule has 4 atom stereocenters. The first kappa shape index (κ1) is 15.2. The highest BCUT2D eigenvalue weighted by molar-refractivity contribution is 7.10. The van der Waals surface area contributed by atoms with Gasteiger partial charge in [0.05, 0.1) is 25.0 Å². The number of likely N-dealkylation sites (tertiary alicyclic amines) is 1. The number of amides is 2. The molecule has 2 amide bonds. The van der Waals surface area contributed by atoms with E-state index in [1.54, 1.807) is 13.8 Å². The number of nitrogens with zero attached hydrogens (tertiary/aromatic N) is 1. The first-order valence-electron chi connectivity index (χ1n) is 7.20. The second-order valence-electron chi connectivity index (χ2n) is 5.76. The summed E-state index contributed by atoms with van der Waals surface area (Å²) < 4.78 is 4.88.